The number of amides is 1. The first-order valence-electron chi connectivity index (χ1n) is 9.49. The van der Waals surface area contributed by atoms with Crippen molar-refractivity contribution in [1.29, 1.82) is 0 Å². The van der Waals surface area contributed by atoms with Crippen LogP contribution in [0.2, 0.25) is 0 Å². The fourth-order valence-electron chi connectivity index (χ4n) is 4.55. The number of fused-ring (bicyclic) bond motifs is 3. The number of nitrogens with one attached hydrogen (secondary N) is 1. The number of hydrogen-bond donors (Lipinski definition) is 1. The summed E-state index contributed by atoms with van der Waals surface area (Å²) in [6.07, 6.45) is 1.08. The summed E-state index contributed by atoms with van der Waals surface area (Å²) >= 11 is 1.67. The Bertz CT molecular complexity index is 835. The molecular weight excluding hydrogens is 342 g/mol. The van der Waals surface area contributed by atoms with E-state index < -0.39 is 0 Å². The Balaban J connectivity index is 1.41. The summed E-state index contributed by atoms with van der Waals surface area (Å²) in [4.78, 5) is 15.0. The second kappa shape index (κ2) is 6.50. The van der Waals surface area contributed by atoms with Crippen LogP contribution in [-0.4, -0.2) is 12.5 Å². The standard InChI is InChI=1S/C22H27NO2S/c1-5-25-12-15-8-6-14(7-9-15)11-23-21(24)20-16-10-17-19(22(17,3)4)18(16)13(2)26-20/h6-9,17,19H,5,10-12H2,1-4H3,(H,23,24)/t17-,19-/m0/s1. The number of ether oxygens (including phenoxy) is 1. The second-order valence-corrected chi connectivity index (χ2v) is 9.35. The normalized spacial score (nSPS) is 22.0. The van der Waals surface area contributed by atoms with Crippen molar-refractivity contribution in [3.05, 3.63) is 56.3 Å². The lowest BCUT2D eigenvalue weighted by molar-refractivity contribution is 0.0954. The van der Waals surface area contributed by atoms with Crippen molar-refractivity contribution in [2.75, 3.05) is 6.61 Å². The lowest BCUT2D eigenvalue weighted by atomic mass is 9.95. The molecule has 1 N–H and O–H groups in total. The van der Waals surface area contributed by atoms with Crippen molar-refractivity contribution >= 4 is 17.2 Å². The van der Waals surface area contributed by atoms with Crippen LogP contribution in [0.3, 0.4) is 0 Å². The monoisotopic (exact) mass is 369 g/mol. The Morgan fingerprint density at radius 2 is 1.96 bits per heavy atom. The minimum atomic E-state index is 0.0804. The van der Waals surface area contributed by atoms with Crippen molar-refractivity contribution in [2.24, 2.45) is 11.3 Å². The molecule has 0 spiro atoms. The molecule has 1 fully saturated rings. The third kappa shape index (κ3) is 2.89. The zero-order chi connectivity index (χ0) is 18.5. The summed E-state index contributed by atoms with van der Waals surface area (Å²) in [5.41, 5.74) is 5.51. The molecule has 2 aliphatic carbocycles. The fraction of sp³-hybridized carbons (Fsp3) is 0.500. The van der Waals surface area contributed by atoms with E-state index in [2.05, 4.69) is 50.4 Å². The Morgan fingerprint density at radius 1 is 1.27 bits per heavy atom. The molecule has 1 aromatic heterocycles. The van der Waals surface area contributed by atoms with Gasteiger partial charge in [-0.05, 0) is 59.8 Å². The van der Waals surface area contributed by atoms with Crippen LogP contribution in [0.5, 0.6) is 0 Å². The van der Waals surface area contributed by atoms with E-state index in [-0.39, 0.29) is 5.91 Å². The molecular formula is C22H27NO2S. The Hall–Kier alpha value is -1.65. The van der Waals surface area contributed by atoms with E-state index in [1.165, 1.54) is 16.0 Å². The minimum Gasteiger partial charge on any atom is -0.377 e. The van der Waals surface area contributed by atoms with Crippen LogP contribution >= 0.6 is 11.3 Å². The summed E-state index contributed by atoms with van der Waals surface area (Å²) in [6, 6.07) is 8.27. The molecule has 1 aromatic carbocycles. The number of benzene rings is 1. The van der Waals surface area contributed by atoms with Crippen LogP contribution in [0.1, 0.15) is 63.5 Å². The maximum atomic E-state index is 12.8. The largest absolute Gasteiger partial charge is 0.377 e. The van der Waals surface area contributed by atoms with Gasteiger partial charge in [0.1, 0.15) is 0 Å². The average Bonchev–Trinajstić information content (AvgIpc) is 2.97. The molecule has 4 rings (SSSR count). The van der Waals surface area contributed by atoms with Gasteiger partial charge in [0, 0.05) is 18.0 Å². The van der Waals surface area contributed by atoms with Crippen LogP contribution in [0.4, 0.5) is 0 Å². The molecule has 1 amide bonds. The van der Waals surface area contributed by atoms with Crippen LogP contribution in [-0.2, 0) is 24.3 Å². The highest BCUT2D eigenvalue weighted by Gasteiger charge is 2.63. The second-order valence-electron chi connectivity index (χ2n) is 8.13. The third-order valence-corrected chi connectivity index (χ3v) is 7.34. The van der Waals surface area contributed by atoms with E-state index in [0.717, 1.165) is 34.9 Å². The van der Waals surface area contributed by atoms with Crippen molar-refractivity contribution in [3.63, 3.8) is 0 Å². The topological polar surface area (TPSA) is 38.3 Å². The molecule has 0 aliphatic heterocycles. The maximum absolute atomic E-state index is 12.8. The quantitative estimate of drug-likeness (QED) is 0.793. The molecule has 26 heavy (non-hydrogen) atoms. The van der Waals surface area contributed by atoms with Crippen LogP contribution in [0.25, 0.3) is 0 Å². The maximum Gasteiger partial charge on any atom is 0.261 e. The third-order valence-electron chi connectivity index (χ3n) is 6.17. The van der Waals surface area contributed by atoms with Gasteiger partial charge in [0.2, 0.25) is 0 Å². The Labute approximate surface area is 159 Å². The number of aryl methyl sites for hydroxylation is 1. The summed E-state index contributed by atoms with van der Waals surface area (Å²) < 4.78 is 5.42. The summed E-state index contributed by atoms with van der Waals surface area (Å²) in [5.74, 6) is 1.49. The summed E-state index contributed by atoms with van der Waals surface area (Å²) in [5, 5.41) is 3.11. The lowest BCUT2D eigenvalue weighted by Crippen LogP contribution is -2.23. The van der Waals surface area contributed by atoms with Crippen molar-refractivity contribution in [2.45, 2.75) is 53.2 Å². The van der Waals surface area contributed by atoms with E-state index in [1.54, 1.807) is 11.3 Å². The molecule has 0 unspecified atom stereocenters. The molecule has 2 aromatic rings. The summed E-state index contributed by atoms with van der Waals surface area (Å²) in [7, 11) is 0. The smallest absolute Gasteiger partial charge is 0.261 e. The SMILES string of the molecule is CCOCc1ccc(CNC(=O)c2sc(C)c3c2C[C@H]2[C@@H]3C2(C)C)cc1. The van der Waals surface area contributed by atoms with E-state index in [4.69, 9.17) is 4.74 Å². The van der Waals surface area contributed by atoms with Gasteiger partial charge in [-0.2, -0.15) is 0 Å². The van der Waals surface area contributed by atoms with E-state index in [0.29, 0.717) is 24.5 Å². The highest BCUT2D eigenvalue weighted by atomic mass is 32.1. The Morgan fingerprint density at radius 3 is 2.65 bits per heavy atom. The van der Waals surface area contributed by atoms with E-state index >= 15 is 0 Å². The number of hydrogen-bond acceptors (Lipinski definition) is 3. The zero-order valence-electron chi connectivity index (χ0n) is 16.0. The van der Waals surface area contributed by atoms with Crippen molar-refractivity contribution in [3.8, 4) is 0 Å². The van der Waals surface area contributed by atoms with Crippen molar-refractivity contribution < 1.29 is 9.53 Å². The molecule has 0 saturated heterocycles. The first kappa shape index (κ1) is 17.7. The number of carbonyl (C=O) groups excluding carboxylic acids is 1. The molecule has 3 nitrogen and oxygen atoms in total. The van der Waals surface area contributed by atoms with Gasteiger partial charge >= 0.3 is 0 Å². The highest BCUT2D eigenvalue weighted by Crippen LogP contribution is 2.71. The zero-order valence-corrected chi connectivity index (χ0v) is 16.8. The van der Waals surface area contributed by atoms with Crippen LogP contribution < -0.4 is 5.32 Å². The Kier molecular flexibility index (Phi) is 4.44. The molecule has 2 aliphatic rings. The molecule has 1 saturated carbocycles. The molecule has 0 radical (unpaired) electrons. The van der Waals surface area contributed by atoms with E-state index in [1.807, 2.05) is 6.92 Å². The van der Waals surface area contributed by atoms with Crippen LogP contribution in [0, 0.1) is 18.3 Å². The van der Waals surface area contributed by atoms with Gasteiger partial charge < -0.3 is 10.1 Å². The molecule has 1 heterocycles. The molecule has 4 heteroatoms. The number of rotatable bonds is 6. The van der Waals surface area contributed by atoms with E-state index in [9.17, 15) is 4.79 Å². The van der Waals surface area contributed by atoms with Crippen molar-refractivity contribution in [1.82, 2.24) is 5.32 Å². The molecule has 2 atom stereocenters. The van der Waals surface area contributed by atoms with Gasteiger partial charge in [0.15, 0.2) is 0 Å². The van der Waals surface area contributed by atoms with Gasteiger partial charge in [-0.15, -0.1) is 11.3 Å². The van der Waals surface area contributed by atoms with Gasteiger partial charge in [-0.25, -0.2) is 0 Å². The van der Waals surface area contributed by atoms with Gasteiger partial charge in [0.25, 0.3) is 5.91 Å². The van der Waals surface area contributed by atoms with Gasteiger partial charge in [0.05, 0.1) is 11.5 Å². The first-order chi connectivity index (χ1) is 12.4. The first-order valence-corrected chi connectivity index (χ1v) is 10.3. The van der Waals surface area contributed by atoms with Gasteiger partial charge in [-0.3, -0.25) is 4.79 Å². The predicted molar refractivity (Wildman–Crippen MR) is 106 cm³/mol. The summed E-state index contributed by atoms with van der Waals surface area (Å²) in [6.45, 7) is 10.8. The minimum absolute atomic E-state index is 0.0804. The average molecular weight is 370 g/mol. The molecule has 138 valence electrons. The van der Waals surface area contributed by atoms with Gasteiger partial charge in [-0.1, -0.05) is 38.1 Å². The number of carbonyl (C=O) groups is 1. The fourth-order valence-corrected chi connectivity index (χ4v) is 5.70. The lowest BCUT2D eigenvalue weighted by Gasteiger charge is -2.10. The molecule has 0 bridgehead atoms. The predicted octanol–water partition coefficient (Wildman–Crippen LogP) is 4.82. The highest BCUT2D eigenvalue weighted by molar-refractivity contribution is 7.14. The van der Waals surface area contributed by atoms with Crippen LogP contribution in [0.15, 0.2) is 24.3 Å². The number of thiophene rings is 1.